The fourth-order valence-electron chi connectivity index (χ4n) is 4.13. The molecule has 0 saturated carbocycles. The predicted octanol–water partition coefficient (Wildman–Crippen LogP) is 3.62. The Labute approximate surface area is 211 Å². The van der Waals surface area contributed by atoms with Crippen molar-refractivity contribution in [2.75, 3.05) is 6.61 Å². The van der Waals surface area contributed by atoms with E-state index in [0.29, 0.717) is 17.4 Å². The van der Waals surface area contributed by atoms with Gasteiger partial charge in [-0.2, -0.15) is 0 Å². The highest BCUT2D eigenvalue weighted by atomic mass is 19.1. The van der Waals surface area contributed by atoms with Crippen molar-refractivity contribution < 1.29 is 28.7 Å². The average Bonchev–Trinajstić information content (AvgIpc) is 2.82. The summed E-state index contributed by atoms with van der Waals surface area (Å²) in [5, 5.41) is 13.5. The molecule has 0 saturated heterocycles. The average molecular weight is 504 g/mol. The summed E-state index contributed by atoms with van der Waals surface area (Å²) >= 11 is 0. The van der Waals surface area contributed by atoms with E-state index in [9.17, 15) is 24.0 Å². The minimum Gasteiger partial charge on any atom is -0.368 e. The van der Waals surface area contributed by atoms with Gasteiger partial charge in [-0.3, -0.25) is 19.6 Å². The quantitative estimate of drug-likeness (QED) is 0.188. The van der Waals surface area contributed by atoms with Crippen LogP contribution in [0.25, 0.3) is 10.8 Å². The molecule has 0 aliphatic heterocycles. The molecule has 36 heavy (non-hydrogen) atoms. The zero-order chi connectivity index (χ0) is 26.9. The molecule has 0 aliphatic rings. The maximum Gasteiger partial charge on any atom is 0.273 e. The summed E-state index contributed by atoms with van der Waals surface area (Å²) in [6.07, 6.45) is 2.38. The van der Waals surface area contributed by atoms with E-state index in [1.807, 2.05) is 0 Å². The molecule has 9 heteroatoms. The van der Waals surface area contributed by atoms with Crippen LogP contribution in [-0.2, 0) is 25.5 Å². The first kappa shape index (κ1) is 29.2. The molecule has 1 unspecified atom stereocenters. The third kappa shape index (κ3) is 8.27. The highest BCUT2D eigenvalue weighted by Crippen LogP contribution is 2.24. The first-order valence-corrected chi connectivity index (χ1v) is 12.3. The molecule has 0 spiro atoms. The van der Waals surface area contributed by atoms with E-state index >= 15 is 0 Å². The Kier molecular flexibility index (Phi) is 10.8. The van der Waals surface area contributed by atoms with E-state index < -0.39 is 41.2 Å². The van der Waals surface area contributed by atoms with Crippen LogP contribution in [0.15, 0.2) is 36.4 Å². The monoisotopic (exact) mass is 503 g/mol. The van der Waals surface area contributed by atoms with Crippen molar-refractivity contribution in [1.82, 2.24) is 10.8 Å². The van der Waals surface area contributed by atoms with E-state index in [2.05, 4.69) is 12.2 Å². The van der Waals surface area contributed by atoms with Gasteiger partial charge < -0.3 is 15.8 Å². The molecule has 0 fully saturated rings. The number of carbonyl (C=O) groups excluding carboxylic acids is 3. The summed E-state index contributed by atoms with van der Waals surface area (Å²) in [5.41, 5.74) is 7.18. The maximum absolute atomic E-state index is 13.6. The number of nitrogens with two attached hydrogens (primary N) is 1. The number of unbranched alkanes of at least 4 members (excludes halogenated alkanes) is 3. The van der Waals surface area contributed by atoms with Crippen LogP contribution >= 0.6 is 0 Å². The maximum atomic E-state index is 13.6. The number of hydroxylamine groups is 1. The topological polar surface area (TPSA) is 131 Å². The molecule has 198 valence electrons. The molecule has 0 bridgehead atoms. The smallest absolute Gasteiger partial charge is 0.273 e. The van der Waals surface area contributed by atoms with Gasteiger partial charge in [0.05, 0.1) is 5.92 Å². The SMILES string of the molecule is CCCCCCO[C@H](C(=O)NO)C(Cc1ccc2cc(F)ccc2c1)C(=O)N[C@H](C(N)=O)C(C)(C)C. The largest absolute Gasteiger partial charge is 0.368 e. The molecule has 0 radical (unpaired) electrons. The summed E-state index contributed by atoms with van der Waals surface area (Å²) in [7, 11) is 0. The number of halogens is 1. The van der Waals surface area contributed by atoms with Gasteiger partial charge in [0.1, 0.15) is 18.0 Å². The van der Waals surface area contributed by atoms with E-state index in [4.69, 9.17) is 10.5 Å². The van der Waals surface area contributed by atoms with E-state index in [0.717, 1.165) is 24.6 Å². The Morgan fingerprint density at radius 3 is 2.31 bits per heavy atom. The summed E-state index contributed by atoms with van der Waals surface area (Å²) in [4.78, 5) is 38.2. The van der Waals surface area contributed by atoms with Crippen LogP contribution in [-0.4, -0.2) is 41.7 Å². The molecular formula is C27H38FN3O5. The lowest BCUT2D eigenvalue weighted by Gasteiger charge is -2.32. The van der Waals surface area contributed by atoms with Gasteiger partial charge in [-0.15, -0.1) is 0 Å². The lowest BCUT2D eigenvalue weighted by Crippen LogP contribution is -2.56. The highest BCUT2D eigenvalue weighted by molar-refractivity contribution is 5.92. The number of hydrogen-bond donors (Lipinski definition) is 4. The Morgan fingerprint density at radius 2 is 1.69 bits per heavy atom. The van der Waals surface area contributed by atoms with Crippen LogP contribution in [0.2, 0.25) is 0 Å². The van der Waals surface area contributed by atoms with E-state index in [1.54, 1.807) is 50.5 Å². The van der Waals surface area contributed by atoms with Gasteiger partial charge in [0, 0.05) is 6.61 Å². The van der Waals surface area contributed by atoms with Crippen LogP contribution in [0, 0.1) is 17.2 Å². The zero-order valence-electron chi connectivity index (χ0n) is 21.5. The van der Waals surface area contributed by atoms with Gasteiger partial charge in [0.2, 0.25) is 11.8 Å². The number of benzene rings is 2. The van der Waals surface area contributed by atoms with Crippen LogP contribution in [0.4, 0.5) is 4.39 Å². The number of ether oxygens (including phenoxy) is 1. The first-order valence-electron chi connectivity index (χ1n) is 12.3. The molecule has 8 nitrogen and oxygen atoms in total. The molecule has 2 rings (SSSR count). The van der Waals surface area contributed by atoms with E-state index in [-0.39, 0.29) is 18.8 Å². The second-order valence-electron chi connectivity index (χ2n) is 10.2. The Bertz CT molecular complexity index is 1050. The first-order chi connectivity index (χ1) is 17.0. The number of amides is 3. The Morgan fingerprint density at radius 1 is 1.03 bits per heavy atom. The number of hydrogen-bond acceptors (Lipinski definition) is 5. The van der Waals surface area contributed by atoms with Gasteiger partial charge in [-0.1, -0.05) is 71.2 Å². The minimum atomic E-state index is -1.31. The van der Waals surface area contributed by atoms with Gasteiger partial charge in [0.15, 0.2) is 0 Å². The second kappa shape index (κ2) is 13.3. The van der Waals surface area contributed by atoms with Crippen LogP contribution in [0.5, 0.6) is 0 Å². The summed E-state index contributed by atoms with van der Waals surface area (Å²) < 4.78 is 19.4. The standard InChI is InChI=1S/C27H38FN3O5/c1-5-6-7-8-13-36-22(26(34)31-35)21(25(33)30-23(24(29)32)27(2,3)4)15-17-9-10-19-16-20(28)12-11-18(19)14-17/h9-12,14,16,21-23,35H,5-8,13,15H2,1-4H3,(H2,29,32)(H,30,33)(H,31,34)/t21?,22-,23+/m0/s1. The number of rotatable bonds is 13. The van der Waals surface area contributed by atoms with Crippen molar-refractivity contribution in [3.63, 3.8) is 0 Å². The fourth-order valence-corrected chi connectivity index (χ4v) is 4.13. The summed E-state index contributed by atoms with van der Waals surface area (Å²) in [6, 6.07) is 8.68. The number of primary amides is 1. The molecule has 0 heterocycles. The van der Waals surface area contributed by atoms with Crippen molar-refractivity contribution in [2.45, 2.75) is 71.9 Å². The molecular weight excluding hydrogens is 465 g/mol. The lowest BCUT2D eigenvalue weighted by molar-refractivity contribution is -0.151. The molecule has 3 atom stereocenters. The van der Waals surface area contributed by atoms with Gasteiger partial charge >= 0.3 is 0 Å². The number of nitrogens with one attached hydrogen (secondary N) is 2. The zero-order valence-corrected chi connectivity index (χ0v) is 21.5. The third-order valence-electron chi connectivity index (χ3n) is 6.13. The summed E-state index contributed by atoms with van der Waals surface area (Å²) in [5.74, 6) is -3.60. The number of carbonyl (C=O) groups is 3. The molecule has 3 amide bonds. The van der Waals surface area contributed by atoms with Crippen LogP contribution in [0.3, 0.4) is 0 Å². The summed E-state index contributed by atoms with van der Waals surface area (Å²) in [6.45, 7) is 7.59. The van der Waals surface area contributed by atoms with Crippen LogP contribution < -0.4 is 16.5 Å². The van der Waals surface area contributed by atoms with Crippen molar-refractivity contribution in [2.24, 2.45) is 17.1 Å². The highest BCUT2D eigenvalue weighted by Gasteiger charge is 2.39. The van der Waals surface area contributed by atoms with Crippen molar-refractivity contribution >= 4 is 28.5 Å². The van der Waals surface area contributed by atoms with Gasteiger partial charge in [-0.05, 0) is 46.7 Å². The predicted molar refractivity (Wildman–Crippen MR) is 135 cm³/mol. The van der Waals surface area contributed by atoms with Crippen molar-refractivity contribution in [3.8, 4) is 0 Å². The molecule has 5 N–H and O–H groups in total. The molecule has 0 aliphatic carbocycles. The van der Waals surface area contributed by atoms with Crippen LogP contribution in [0.1, 0.15) is 58.9 Å². The fraction of sp³-hybridized carbons (Fsp3) is 0.519. The Balaban J connectivity index is 2.39. The van der Waals surface area contributed by atoms with Gasteiger partial charge in [0.25, 0.3) is 5.91 Å². The van der Waals surface area contributed by atoms with Crippen molar-refractivity contribution in [3.05, 3.63) is 47.8 Å². The lowest BCUT2D eigenvalue weighted by atomic mass is 9.85. The normalized spacial score (nSPS) is 14.2. The second-order valence-corrected chi connectivity index (χ2v) is 10.2. The number of fused-ring (bicyclic) bond motifs is 1. The molecule has 0 aromatic heterocycles. The van der Waals surface area contributed by atoms with E-state index in [1.165, 1.54) is 12.1 Å². The minimum absolute atomic E-state index is 0.0713. The molecule has 2 aromatic rings. The molecule has 2 aromatic carbocycles. The van der Waals surface area contributed by atoms with Gasteiger partial charge in [-0.25, -0.2) is 9.87 Å². The Hall–Kier alpha value is -3.04. The third-order valence-corrected chi connectivity index (χ3v) is 6.13. The van der Waals surface area contributed by atoms with Crippen molar-refractivity contribution in [1.29, 1.82) is 0 Å².